The topological polar surface area (TPSA) is 22.1 Å². The van der Waals surface area contributed by atoms with Crippen LogP contribution in [0.25, 0.3) is 0 Å². The average molecular weight is 291 g/mol. The number of para-hydroxylation sites is 1. The average Bonchev–Trinajstić information content (AvgIpc) is 2.37. The molecule has 0 aliphatic rings. The Labute approximate surface area is 151 Å². The molecule has 0 spiro atoms. The Kier molecular flexibility index (Phi) is 6.55. The second kappa shape index (κ2) is 7.45. The number of aromatic nitrogens is 1. The minimum absolute atomic E-state index is 0. The van der Waals surface area contributed by atoms with Crippen LogP contribution in [0, 0.1) is 0 Å². The van der Waals surface area contributed by atoms with Crippen LogP contribution in [0.3, 0.4) is 0 Å². The van der Waals surface area contributed by atoms with Gasteiger partial charge in [-0.25, -0.2) is 0 Å². The first-order valence-electron chi connectivity index (χ1n) is 5.39. The Balaban J connectivity index is 0.00000180. The predicted molar refractivity (Wildman–Crippen MR) is 63.7 cm³/mol. The van der Waals surface area contributed by atoms with Crippen LogP contribution in [0.15, 0.2) is 48.7 Å². The van der Waals surface area contributed by atoms with E-state index in [4.69, 9.17) is 4.74 Å². The van der Waals surface area contributed by atoms with Gasteiger partial charge in [-0.1, -0.05) is 29.7 Å². The maximum Gasteiger partial charge on any atom is 1.00 e. The van der Waals surface area contributed by atoms with E-state index < -0.39 is 12.4 Å². The fraction of sp³-hybridized carbons (Fsp3) is 0.0833. The second-order valence-corrected chi connectivity index (χ2v) is 3.72. The van der Waals surface area contributed by atoms with Gasteiger partial charge < -0.3 is 17.7 Å². The third-order valence-corrected chi connectivity index (χ3v) is 2.37. The molecule has 7 heteroatoms. The van der Waals surface area contributed by atoms with Crippen LogP contribution in [0.5, 0.6) is 5.75 Å². The first kappa shape index (κ1) is 16.7. The molecule has 0 saturated heterocycles. The van der Waals surface area contributed by atoms with Crippen LogP contribution >= 0.6 is 0 Å². The van der Waals surface area contributed by atoms with Crippen molar-refractivity contribution in [2.24, 2.45) is 0 Å². The van der Waals surface area contributed by atoms with Gasteiger partial charge in [-0.2, -0.15) is 0 Å². The molecule has 94 valence electrons. The van der Waals surface area contributed by atoms with Gasteiger partial charge in [0.1, 0.15) is 6.61 Å². The molecule has 0 aliphatic heterocycles. The van der Waals surface area contributed by atoms with Crippen molar-refractivity contribution in [3.8, 4) is 5.75 Å². The Morgan fingerprint density at radius 2 is 1.68 bits per heavy atom. The molecule has 0 unspecified atom stereocenters. The van der Waals surface area contributed by atoms with E-state index in [1.165, 1.54) is 18.2 Å². The summed E-state index contributed by atoms with van der Waals surface area (Å²) < 4.78 is 43.4. The fourth-order valence-corrected chi connectivity index (χ4v) is 1.52. The number of halogens is 3. The van der Waals surface area contributed by atoms with Crippen molar-refractivity contribution in [3.05, 3.63) is 54.4 Å². The van der Waals surface area contributed by atoms with E-state index in [1.54, 1.807) is 24.4 Å². The van der Waals surface area contributed by atoms with Crippen molar-refractivity contribution in [1.82, 2.24) is 4.98 Å². The normalized spacial score (nSPS) is 10.7. The van der Waals surface area contributed by atoms with E-state index in [2.05, 4.69) is 4.98 Å². The van der Waals surface area contributed by atoms with Crippen LogP contribution in [0.2, 0.25) is 0 Å². The van der Waals surface area contributed by atoms with Gasteiger partial charge >= 0.3 is 58.4 Å². The monoisotopic (exact) mass is 291 g/mol. The summed E-state index contributed by atoms with van der Waals surface area (Å²) in [6.07, 6.45) is 1.57. The number of rotatable bonds is 4. The molecule has 1 aromatic heterocycles. The van der Waals surface area contributed by atoms with Gasteiger partial charge in [-0.05, 0) is 18.2 Å². The summed E-state index contributed by atoms with van der Waals surface area (Å²) in [6.45, 7) is -5.05. The van der Waals surface area contributed by atoms with E-state index in [9.17, 15) is 12.9 Å². The third kappa shape index (κ3) is 4.92. The standard InChI is InChI=1S/C12H10BF3NO.K/c14-13(15,16)11-6-1-2-7-12(11)18-9-10-5-3-4-8-17-10;/h1-8H,9H2;/q-1;+1. The molecule has 0 N–H and O–H groups in total. The molecule has 0 bridgehead atoms. The van der Waals surface area contributed by atoms with Gasteiger partial charge in [0.05, 0.1) is 11.4 Å². The first-order chi connectivity index (χ1) is 8.57. The zero-order valence-electron chi connectivity index (χ0n) is 10.4. The van der Waals surface area contributed by atoms with E-state index in [0.29, 0.717) is 5.69 Å². The Morgan fingerprint density at radius 3 is 2.32 bits per heavy atom. The van der Waals surface area contributed by atoms with Crippen LogP contribution in [0.4, 0.5) is 12.9 Å². The fourth-order valence-electron chi connectivity index (χ4n) is 1.52. The molecule has 2 rings (SSSR count). The number of ether oxygens (including phenoxy) is 1. The maximum absolute atomic E-state index is 12.7. The molecule has 0 amide bonds. The van der Waals surface area contributed by atoms with Crippen molar-refractivity contribution >= 4 is 12.4 Å². The number of benzene rings is 1. The van der Waals surface area contributed by atoms with E-state index in [-0.39, 0.29) is 63.7 Å². The van der Waals surface area contributed by atoms with Gasteiger partial charge in [0.2, 0.25) is 0 Å². The largest absolute Gasteiger partial charge is 1.00 e. The van der Waals surface area contributed by atoms with Gasteiger partial charge in [-0.15, -0.1) is 0 Å². The van der Waals surface area contributed by atoms with Crippen LogP contribution in [0.1, 0.15) is 5.69 Å². The van der Waals surface area contributed by atoms with Crippen LogP contribution in [-0.2, 0) is 6.61 Å². The SMILES string of the molecule is F[B-](F)(F)c1ccccc1OCc1ccccn1.[K+]. The molecule has 0 radical (unpaired) electrons. The van der Waals surface area contributed by atoms with Gasteiger partial charge in [0.25, 0.3) is 0 Å². The molecule has 0 atom stereocenters. The molecular weight excluding hydrogens is 281 g/mol. The predicted octanol–water partition coefficient (Wildman–Crippen LogP) is -0.281. The maximum atomic E-state index is 12.7. The zero-order chi connectivity index (χ0) is 13.0. The van der Waals surface area contributed by atoms with Gasteiger partial charge in [0, 0.05) is 6.20 Å². The van der Waals surface area contributed by atoms with E-state index >= 15 is 0 Å². The number of hydrogen-bond acceptors (Lipinski definition) is 2. The summed E-state index contributed by atoms with van der Waals surface area (Å²) in [7, 11) is 0. The Hall–Kier alpha value is -0.339. The quantitative estimate of drug-likeness (QED) is 0.723. The van der Waals surface area contributed by atoms with Crippen molar-refractivity contribution in [2.45, 2.75) is 6.61 Å². The number of hydrogen-bond donors (Lipinski definition) is 0. The first-order valence-corrected chi connectivity index (χ1v) is 5.39. The second-order valence-electron chi connectivity index (χ2n) is 3.72. The molecule has 1 aromatic carbocycles. The summed E-state index contributed by atoms with van der Waals surface area (Å²) in [5, 5.41) is 0. The van der Waals surface area contributed by atoms with Crippen molar-refractivity contribution in [1.29, 1.82) is 0 Å². The summed E-state index contributed by atoms with van der Waals surface area (Å²) >= 11 is 0. The molecule has 2 nitrogen and oxygen atoms in total. The molecule has 1 heterocycles. The third-order valence-electron chi connectivity index (χ3n) is 2.37. The molecule has 2 aromatic rings. The van der Waals surface area contributed by atoms with Crippen LogP contribution in [-0.4, -0.2) is 12.0 Å². The van der Waals surface area contributed by atoms with E-state index in [0.717, 1.165) is 6.07 Å². The van der Waals surface area contributed by atoms with Gasteiger partial charge in [-0.3, -0.25) is 4.98 Å². The summed E-state index contributed by atoms with van der Waals surface area (Å²) in [4.78, 5) is 3.98. The molecule has 0 aliphatic carbocycles. The smallest absolute Gasteiger partial charge is 0.490 e. The minimum atomic E-state index is -5.07. The number of nitrogens with zero attached hydrogens (tertiary/aromatic N) is 1. The van der Waals surface area contributed by atoms with Crippen molar-refractivity contribution in [2.75, 3.05) is 0 Å². The number of pyridine rings is 1. The summed E-state index contributed by atoms with van der Waals surface area (Å²) in [5.41, 5.74) is -0.129. The molecule has 0 saturated carbocycles. The molecular formula is C12H10BF3KNO. The summed E-state index contributed by atoms with van der Waals surface area (Å²) in [6, 6.07) is 10.4. The summed E-state index contributed by atoms with van der Waals surface area (Å²) in [5.74, 6) is -0.157. The Bertz CT molecular complexity index is 522. The molecule has 19 heavy (non-hydrogen) atoms. The zero-order valence-corrected chi connectivity index (χ0v) is 13.5. The van der Waals surface area contributed by atoms with Crippen molar-refractivity contribution < 1.29 is 69.1 Å². The van der Waals surface area contributed by atoms with Crippen molar-refractivity contribution in [3.63, 3.8) is 0 Å². The minimum Gasteiger partial charge on any atom is -0.490 e. The van der Waals surface area contributed by atoms with Gasteiger partial charge in [0.15, 0.2) is 0 Å². The van der Waals surface area contributed by atoms with E-state index in [1.807, 2.05) is 0 Å². The Morgan fingerprint density at radius 1 is 1.00 bits per heavy atom. The van der Waals surface area contributed by atoms with Crippen LogP contribution < -0.4 is 61.6 Å². The molecule has 0 fully saturated rings.